The number of ether oxygens (including phenoxy) is 1. The van der Waals surface area contributed by atoms with Gasteiger partial charge in [0.05, 0.1) is 0 Å². The second kappa shape index (κ2) is 10.8. The molecule has 1 amide bonds. The molecule has 2 atom stereocenters. The molecule has 186 valence electrons. The van der Waals surface area contributed by atoms with Gasteiger partial charge in [-0.2, -0.15) is 0 Å². The highest BCUT2D eigenvalue weighted by atomic mass is 127. The molecule has 4 rings (SSSR count). The van der Waals surface area contributed by atoms with Crippen LogP contribution in [0.5, 0.6) is 0 Å². The van der Waals surface area contributed by atoms with Crippen LogP contribution in [-0.4, -0.2) is 61.5 Å². The summed E-state index contributed by atoms with van der Waals surface area (Å²) in [5.41, 5.74) is -0.463. The van der Waals surface area contributed by atoms with Gasteiger partial charge in [0.1, 0.15) is 18.0 Å². The minimum absolute atomic E-state index is 0. The minimum Gasteiger partial charge on any atom is -0.444 e. The Bertz CT molecular complexity index is 830. The first-order valence-electron chi connectivity index (χ1n) is 12.1. The molecule has 2 unspecified atom stereocenters. The molecule has 0 spiro atoms. The quantitative estimate of drug-likeness (QED) is 0.325. The van der Waals surface area contributed by atoms with Gasteiger partial charge in [0, 0.05) is 31.2 Å². The van der Waals surface area contributed by atoms with Crippen molar-refractivity contribution < 1.29 is 9.53 Å². The molecule has 10 heteroatoms. The zero-order chi connectivity index (χ0) is 22.9. The number of rotatable bonds is 4. The Morgan fingerprint density at radius 1 is 1.06 bits per heavy atom. The van der Waals surface area contributed by atoms with Gasteiger partial charge < -0.3 is 24.8 Å². The van der Waals surface area contributed by atoms with Crippen molar-refractivity contribution >= 4 is 36.0 Å². The standard InChI is InChI=1S/C23H39N7O2.HI/c1-15-27-28-20(29(15)5)14-24-21(25-16-8-6-7-9-16)26-17-12-18-10-11-19(13-17)30(18)22(31)32-23(2,3)4;/h16-19H,6-14H2,1-5H3,(H2,24,25,26);1H. The summed E-state index contributed by atoms with van der Waals surface area (Å²) in [6.45, 7) is 8.22. The van der Waals surface area contributed by atoms with Crippen molar-refractivity contribution in [1.82, 2.24) is 30.3 Å². The van der Waals surface area contributed by atoms with Crippen molar-refractivity contribution in [3.63, 3.8) is 0 Å². The molecule has 1 aliphatic carbocycles. The number of nitrogens with one attached hydrogen (secondary N) is 2. The van der Waals surface area contributed by atoms with E-state index in [1.807, 2.05) is 44.2 Å². The van der Waals surface area contributed by atoms with Gasteiger partial charge in [-0.25, -0.2) is 9.79 Å². The largest absolute Gasteiger partial charge is 0.444 e. The first kappa shape index (κ1) is 26.0. The molecule has 2 N–H and O–H groups in total. The molecular formula is C23H40IN7O2. The van der Waals surface area contributed by atoms with Crippen molar-refractivity contribution in [2.24, 2.45) is 12.0 Å². The predicted octanol–water partition coefficient (Wildman–Crippen LogP) is 3.65. The van der Waals surface area contributed by atoms with Crippen LogP contribution in [0.25, 0.3) is 0 Å². The molecule has 2 aliphatic heterocycles. The van der Waals surface area contributed by atoms with Crippen LogP contribution in [0, 0.1) is 6.92 Å². The van der Waals surface area contributed by atoms with Gasteiger partial charge in [0.25, 0.3) is 0 Å². The Morgan fingerprint density at radius 2 is 1.67 bits per heavy atom. The van der Waals surface area contributed by atoms with E-state index in [1.165, 1.54) is 25.7 Å². The number of nitrogens with zero attached hydrogens (tertiary/aromatic N) is 5. The van der Waals surface area contributed by atoms with Gasteiger partial charge in [-0.3, -0.25) is 0 Å². The highest BCUT2D eigenvalue weighted by Crippen LogP contribution is 2.36. The summed E-state index contributed by atoms with van der Waals surface area (Å²) in [6, 6.07) is 1.23. The van der Waals surface area contributed by atoms with Gasteiger partial charge in [-0.05, 0) is 66.2 Å². The summed E-state index contributed by atoms with van der Waals surface area (Å²) >= 11 is 0. The Kier molecular flexibility index (Phi) is 8.50. The second-order valence-electron chi connectivity index (χ2n) is 10.6. The summed E-state index contributed by atoms with van der Waals surface area (Å²) in [5.74, 6) is 2.60. The third kappa shape index (κ3) is 6.51. The molecule has 9 nitrogen and oxygen atoms in total. The smallest absolute Gasteiger partial charge is 0.410 e. The second-order valence-corrected chi connectivity index (χ2v) is 10.6. The van der Waals surface area contributed by atoms with E-state index >= 15 is 0 Å². The zero-order valence-corrected chi connectivity index (χ0v) is 23.0. The van der Waals surface area contributed by atoms with Crippen LogP contribution in [0.15, 0.2) is 4.99 Å². The van der Waals surface area contributed by atoms with Gasteiger partial charge >= 0.3 is 6.09 Å². The summed E-state index contributed by atoms with van der Waals surface area (Å²) < 4.78 is 7.66. The van der Waals surface area contributed by atoms with Crippen LogP contribution in [0.4, 0.5) is 4.79 Å². The van der Waals surface area contributed by atoms with E-state index in [9.17, 15) is 4.79 Å². The normalized spacial score (nSPS) is 25.7. The molecular weight excluding hydrogens is 533 g/mol. The van der Waals surface area contributed by atoms with E-state index < -0.39 is 5.60 Å². The zero-order valence-electron chi connectivity index (χ0n) is 20.6. The number of fused-ring (bicyclic) bond motifs is 2. The van der Waals surface area contributed by atoms with E-state index in [1.54, 1.807) is 0 Å². The van der Waals surface area contributed by atoms with Gasteiger partial charge in [-0.15, -0.1) is 34.2 Å². The Hall–Kier alpha value is -1.59. The first-order valence-corrected chi connectivity index (χ1v) is 12.1. The third-order valence-electron chi connectivity index (χ3n) is 6.94. The molecule has 3 aliphatic rings. The number of amides is 1. The van der Waals surface area contributed by atoms with Crippen molar-refractivity contribution in [1.29, 1.82) is 0 Å². The monoisotopic (exact) mass is 573 g/mol. The van der Waals surface area contributed by atoms with E-state index in [4.69, 9.17) is 9.73 Å². The molecule has 1 aromatic heterocycles. The fourth-order valence-electron chi connectivity index (χ4n) is 5.24. The van der Waals surface area contributed by atoms with Crippen LogP contribution in [-0.2, 0) is 18.3 Å². The lowest BCUT2D eigenvalue weighted by atomic mass is 9.98. The van der Waals surface area contributed by atoms with E-state index in [-0.39, 0.29) is 42.2 Å². The number of aliphatic imine (C=N–C) groups is 1. The number of halogens is 1. The van der Waals surface area contributed by atoms with E-state index in [0.717, 1.165) is 43.3 Å². The molecule has 0 radical (unpaired) electrons. The molecule has 2 saturated heterocycles. The van der Waals surface area contributed by atoms with E-state index in [2.05, 4.69) is 20.8 Å². The number of carbonyl (C=O) groups excluding carboxylic acids is 1. The van der Waals surface area contributed by atoms with Crippen LogP contribution < -0.4 is 10.6 Å². The fraction of sp³-hybridized carbons (Fsp3) is 0.826. The molecule has 2 bridgehead atoms. The number of carbonyl (C=O) groups is 1. The Balaban J connectivity index is 0.00000306. The summed E-state index contributed by atoms with van der Waals surface area (Å²) in [4.78, 5) is 19.6. The molecule has 33 heavy (non-hydrogen) atoms. The molecule has 1 aromatic rings. The Morgan fingerprint density at radius 3 is 2.21 bits per heavy atom. The maximum Gasteiger partial charge on any atom is 0.410 e. The maximum absolute atomic E-state index is 12.8. The fourth-order valence-corrected chi connectivity index (χ4v) is 5.24. The lowest BCUT2D eigenvalue weighted by molar-refractivity contribution is 0.00544. The minimum atomic E-state index is -0.463. The molecule has 3 heterocycles. The third-order valence-corrected chi connectivity index (χ3v) is 6.94. The Labute approximate surface area is 214 Å². The first-order chi connectivity index (χ1) is 15.2. The summed E-state index contributed by atoms with van der Waals surface area (Å²) in [7, 11) is 1.97. The topological polar surface area (TPSA) is 96.7 Å². The van der Waals surface area contributed by atoms with Crippen molar-refractivity contribution in [3.8, 4) is 0 Å². The van der Waals surface area contributed by atoms with Crippen LogP contribution in [0.2, 0.25) is 0 Å². The van der Waals surface area contributed by atoms with Crippen LogP contribution in [0.1, 0.15) is 83.8 Å². The number of aromatic nitrogens is 3. The molecule has 1 saturated carbocycles. The van der Waals surface area contributed by atoms with Crippen LogP contribution in [0.3, 0.4) is 0 Å². The molecule has 0 aromatic carbocycles. The summed E-state index contributed by atoms with van der Waals surface area (Å²) in [5, 5.41) is 15.7. The number of hydrogen-bond acceptors (Lipinski definition) is 5. The average Bonchev–Trinajstić information content (AvgIpc) is 3.39. The van der Waals surface area contributed by atoms with Crippen molar-refractivity contribution in [2.75, 3.05) is 0 Å². The number of hydrogen-bond donors (Lipinski definition) is 2. The van der Waals surface area contributed by atoms with Gasteiger partial charge in [-0.1, -0.05) is 12.8 Å². The SMILES string of the molecule is Cc1nnc(CN=C(NC2CCCC2)NC2CC3CCC(C2)N3C(=O)OC(C)(C)C)n1C.I. The maximum atomic E-state index is 12.8. The molecule has 3 fully saturated rings. The van der Waals surface area contributed by atoms with Crippen molar-refractivity contribution in [3.05, 3.63) is 11.6 Å². The average molecular weight is 574 g/mol. The predicted molar refractivity (Wildman–Crippen MR) is 139 cm³/mol. The summed E-state index contributed by atoms with van der Waals surface area (Å²) in [6.07, 6.45) is 8.68. The van der Waals surface area contributed by atoms with Crippen molar-refractivity contribution in [2.45, 2.75) is 115 Å². The number of piperidine rings is 1. The highest BCUT2D eigenvalue weighted by molar-refractivity contribution is 14.0. The lowest BCUT2D eigenvalue weighted by Crippen LogP contribution is -2.55. The van der Waals surface area contributed by atoms with Gasteiger partial charge in [0.15, 0.2) is 11.8 Å². The lowest BCUT2D eigenvalue weighted by Gasteiger charge is -2.40. The number of guanidine groups is 1. The highest BCUT2D eigenvalue weighted by Gasteiger charge is 2.45. The number of aryl methyl sites for hydroxylation is 1. The van der Waals surface area contributed by atoms with Crippen LogP contribution >= 0.6 is 24.0 Å². The van der Waals surface area contributed by atoms with Gasteiger partial charge in [0.2, 0.25) is 0 Å². The van der Waals surface area contributed by atoms with E-state index in [0.29, 0.717) is 18.6 Å².